The van der Waals surface area contributed by atoms with E-state index in [1.54, 1.807) is 24.3 Å². The van der Waals surface area contributed by atoms with Gasteiger partial charge in [0.1, 0.15) is 5.75 Å². The summed E-state index contributed by atoms with van der Waals surface area (Å²) in [6, 6.07) is 11.7. The number of carbonyl (C=O) groups is 1. The van der Waals surface area contributed by atoms with Crippen molar-refractivity contribution in [3.63, 3.8) is 0 Å². The molecule has 0 aliphatic carbocycles. The zero-order chi connectivity index (χ0) is 19.2. The first-order valence-corrected chi connectivity index (χ1v) is 8.33. The molecule has 0 radical (unpaired) electrons. The van der Waals surface area contributed by atoms with Crippen LogP contribution in [0.5, 0.6) is 5.75 Å². The van der Waals surface area contributed by atoms with Gasteiger partial charge in [-0.05, 0) is 44.3 Å². The maximum absolute atomic E-state index is 12.8. The number of nitrogens with zero attached hydrogens (tertiary/aromatic N) is 1. The fraction of sp³-hybridized carbons (Fsp3) is 0.350. The van der Waals surface area contributed by atoms with Gasteiger partial charge in [-0.1, -0.05) is 30.3 Å². The van der Waals surface area contributed by atoms with E-state index in [2.05, 4.69) is 0 Å². The van der Waals surface area contributed by atoms with Crippen molar-refractivity contribution in [3.8, 4) is 5.75 Å². The minimum absolute atomic E-state index is 0.109. The van der Waals surface area contributed by atoms with Crippen molar-refractivity contribution in [2.45, 2.75) is 19.0 Å². The van der Waals surface area contributed by atoms with E-state index in [0.29, 0.717) is 23.5 Å². The van der Waals surface area contributed by atoms with Crippen LogP contribution in [0, 0.1) is 0 Å². The van der Waals surface area contributed by atoms with E-state index in [1.807, 2.05) is 19.0 Å². The van der Waals surface area contributed by atoms with Gasteiger partial charge in [0.25, 0.3) is 0 Å². The lowest BCUT2D eigenvalue weighted by Gasteiger charge is -2.13. The number of ketones is 1. The normalized spacial score (nSPS) is 11.6. The minimum atomic E-state index is -4.42. The molecular formula is C20H22F3NO2. The fourth-order valence-corrected chi connectivity index (χ4v) is 2.52. The molecule has 0 fully saturated rings. The van der Waals surface area contributed by atoms with Crippen molar-refractivity contribution in [2.75, 3.05) is 27.2 Å². The van der Waals surface area contributed by atoms with E-state index >= 15 is 0 Å². The molecule has 3 nitrogen and oxygen atoms in total. The van der Waals surface area contributed by atoms with Crippen molar-refractivity contribution in [3.05, 3.63) is 65.2 Å². The Hall–Kier alpha value is -2.34. The molecule has 0 saturated carbocycles. The molecule has 0 bridgehead atoms. The maximum Gasteiger partial charge on any atom is 0.416 e. The van der Waals surface area contributed by atoms with Crippen molar-refractivity contribution in [2.24, 2.45) is 0 Å². The highest BCUT2D eigenvalue weighted by atomic mass is 19.4. The van der Waals surface area contributed by atoms with Crippen molar-refractivity contribution in [1.82, 2.24) is 4.90 Å². The second-order valence-electron chi connectivity index (χ2n) is 6.30. The molecule has 2 aromatic rings. The molecule has 0 aliphatic rings. The molecule has 0 heterocycles. The summed E-state index contributed by atoms with van der Waals surface area (Å²) in [5, 5.41) is 0. The number of Topliss-reactive ketones (excluding diaryl/α,β-unsaturated/α-hetero) is 1. The van der Waals surface area contributed by atoms with Crippen LogP contribution < -0.4 is 4.74 Å². The Morgan fingerprint density at radius 1 is 1.08 bits per heavy atom. The molecule has 2 rings (SSSR count). The zero-order valence-electron chi connectivity index (χ0n) is 14.8. The molecule has 0 atom stereocenters. The van der Waals surface area contributed by atoms with Crippen molar-refractivity contribution in [1.29, 1.82) is 0 Å². The molecule has 0 saturated heterocycles. The lowest BCUT2D eigenvalue weighted by Crippen LogP contribution is -2.16. The van der Waals surface area contributed by atoms with Crippen LogP contribution in [0.1, 0.15) is 27.9 Å². The van der Waals surface area contributed by atoms with Gasteiger partial charge in [0.15, 0.2) is 5.78 Å². The monoisotopic (exact) mass is 365 g/mol. The first kappa shape index (κ1) is 20.0. The summed E-state index contributed by atoms with van der Waals surface area (Å²) < 4.78 is 44.1. The van der Waals surface area contributed by atoms with Crippen LogP contribution in [0.3, 0.4) is 0 Å². The summed E-state index contributed by atoms with van der Waals surface area (Å²) in [6.07, 6.45) is -3.72. The maximum atomic E-state index is 12.8. The average Bonchev–Trinajstić information content (AvgIpc) is 2.58. The summed E-state index contributed by atoms with van der Waals surface area (Å²) >= 11 is 0. The van der Waals surface area contributed by atoms with Gasteiger partial charge in [0.05, 0.1) is 17.7 Å². The number of ether oxygens (including phenoxy) is 1. The Morgan fingerprint density at radius 3 is 2.50 bits per heavy atom. The molecule has 0 aromatic heterocycles. The lowest BCUT2D eigenvalue weighted by molar-refractivity contribution is -0.137. The number of rotatable bonds is 8. The van der Waals surface area contributed by atoms with Crippen LogP contribution in [0.25, 0.3) is 0 Å². The van der Waals surface area contributed by atoms with Gasteiger partial charge < -0.3 is 9.64 Å². The average molecular weight is 365 g/mol. The lowest BCUT2D eigenvalue weighted by atomic mass is 10.0. The van der Waals surface area contributed by atoms with Crippen LogP contribution in [0.2, 0.25) is 0 Å². The number of carbonyl (C=O) groups excluding carboxylic acids is 1. The topological polar surface area (TPSA) is 29.5 Å². The number of hydrogen-bond donors (Lipinski definition) is 0. The summed E-state index contributed by atoms with van der Waals surface area (Å²) in [7, 11) is 3.93. The van der Waals surface area contributed by atoms with Gasteiger partial charge in [-0.3, -0.25) is 4.79 Å². The number of benzene rings is 2. The summed E-state index contributed by atoms with van der Waals surface area (Å²) in [5.41, 5.74) is -0.0435. The van der Waals surface area contributed by atoms with E-state index < -0.39 is 11.7 Å². The molecule has 0 aliphatic heterocycles. The third-order valence-corrected chi connectivity index (χ3v) is 3.81. The second kappa shape index (κ2) is 8.85. The predicted octanol–water partition coefficient (Wildman–Crippen LogP) is 4.46. The van der Waals surface area contributed by atoms with Gasteiger partial charge in [0.2, 0.25) is 0 Å². The summed E-state index contributed by atoms with van der Waals surface area (Å²) in [4.78, 5) is 14.6. The van der Waals surface area contributed by atoms with Gasteiger partial charge in [0, 0.05) is 13.0 Å². The quantitative estimate of drug-likeness (QED) is 0.511. The van der Waals surface area contributed by atoms with E-state index in [-0.39, 0.29) is 12.2 Å². The third-order valence-electron chi connectivity index (χ3n) is 3.81. The van der Waals surface area contributed by atoms with Crippen LogP contribution >= 0.6 is 0 Å². The number of alkyl halides is 3. The van der Waals surface area contributed by atoms with Gasteiger partial charge in [-0.15, -0.1) is 0 Å². The van der Waals surface area contributed by atoms with Crippen LogP contribution in [-0.4, -0.2) is 37.9 Å². The molecule has 2 aromatic carbocycles. The molecule has 26 heavy (non-hydrogen) atoms. The predicted molar refractivity (Wildman–Crippen MR) is 94.6 cm³/mol. The highest BCUT2D eigenvalue weighted by Gasteiger charge is 2.30. The number of para-hydroxylation sites is 1. The summed E-state index contributed by atoms with van der Waals surface area (Å²) in [6.45, 7) is 1.33. The van der Waals surface area contributed by atoms with E-state index in [0.717, 1.165) is 25.1 Å². The molecule has 6 heteroatoms. The largest absolute Gasteiger partial charge is 0.493 e. The second-order valence-corrected chi connectivity index (χ2v) is 6.30. The first-order chi connectivity index (χ1) is 12.3. The molecular weight excluding hydrogens is 343 g/mol. The van der Waals surface area contributed by atoms with E-state index in [9.17, 15) is 18.0 Å². The van der Waals surface area contributed by atoms with E-state index in [4.69, 9.17) is 4.74 Å². The molecule has 0 N–H and O–H groups in total. The van der Waals surface area contributed by atoms with Crippen molar-refractivity contribution < 1.29 is 22.7 Å². The standard InChI is InChI=1S/C20H22F3NO2/c1-24(2)11-6-12-26-19-10-4-3-9-17(19)18(25)14-15-7-5-8-16(13-15)20(21,22)23/h3-5,7-10,13H,6,11-12,14H2,1-2H3. The van der Waals surface area contributed by atoms with Crippen LogP contribution in [0.15, 0.2) is 48.5 Å². The third kappa shape index (κ3) is 5.88. The van der Waals surface area contributed by atoms with Crippen LogP contribution in [0.4, 0.5) is 13.2 Å². The molecule has 140 valence electrons. The highest BCUT2D eigenvalue weighted by Crippen LogP contribution is 2.30. The molecule has 0 amide bonds. The number of hydrogen-bond acceptors (Lipinski definition) is 3. The fourth-order valence-electron chi connectivity index (χ4n) is 2.52. The minimum Gasteiger partial charge on any atom is -0.493 e. The zero-order valence-corrected chi connectivity index (χ0v) is 14.8. The van der Waals surface area contributed by atoms with Gasteiger partial charge in [-0.2, -0.15) is 13.2 Å². The Morgan fingerprint density at radius 2 is 1.81 bits per heavy atom. The Kier molecular flexibility index (Phi) is 6.80. The SMILES string of the molecule is CN(C)CCCOc1ccccc1C(=O)Cc1cccc(C(F)(F)F)c1. The first-order valence-electron chi connectivity index (χ1n) is 8.33. The van der Waals surface area contributed by atoms with E-state index in [1.165, 1.54) is 12.1 Å². The Labute approximate surface area is 151 Å². The highest BCUT2D eigenvalue weighted by molar-refractivity contribution is 5.99. The Balaban J connectivity index is 2.08. The Bertz CT molecular complexity index is 742. The molecule has 0 spiro atoms. The molecule has 0 unspecified atom stereocenters. The van der Waals surface area contributed by atoms with Gasteiger partial charge in [-0.25, -0.2) is 0 Å². The summed E-state index contributed by atoms with van der Waals surface area (Å²) in [5.74, 6) is 0.191. The van der Waals surface area contributed by atoms with Crippen molar-refractivity contribution >= 4 is 5.78 Å². The van der Waals surface area contributed by atoms with Crippen LogP contribution in [-0.2, 0) is 12.6 Å². The number of halogens is 3. The van der Waals surface area contributed by atoms with Gasteiger partial charge >= 0.3 is 6.18 Å². The smallest absolute Gasteiger partial charge is 0.416 e.